The molecule has 0 saturated heterocycles. The second-order valence-corrected chi connectivity index (χ2v) is 4.55. The van der Waals surface area contributed by atoms with E-state index in [2.05, 4.69) is 5.32 Å². The van der Waals surface area contributed by atoms with E-state index in [0.717, 1.165) is 5.56 Å². The third kappa shape index (κ3) is 3.12. The van der Waals surface area contributed by atoms with E-state index in [-0.39, 0.29) is 0 Å². The summed E-state index contributed by atoms with van der Waals surface area (Å²) in [6.45, 7) is 3.69. The molecule has 18 heavy (non-hydrogen) atoms. The summed E-state index contributed by atoms with van der Waals surface area (Å²) >= 11 is 0. The Kier molecular flexibility index (Phi) is 4.53. The Labute approximate surface area is 108 Å². The molecule has 1 rings (SSSR count). The lowest BCUT2D eigenvalue weighted by Gasteiger charge is -2.33. The van der Waals surface area contributed by atoms with Crippen LogP contribution < -0.4 is 5.32 Å². The van der Waals surface area contributed by atoms with Crippen molar-refractivity contribution in [3.05, 3.63) is 35.9 Å². The number of carbonyl (C=O) groups excluding carboxylic acids is 2. The van der Waals surface area contributed by atoms with Gasteiger partial charge in [-0.1, -0.05) is 44.2 Å². The number of benzene rings is 1. The Morgan fingerprint density at radius 1 is 1.28 bits per heavy atom. The van der Waals surface area contributed by atoms with Gasteiger partial charge in [0.2, 0.25) is 7.85 Å². The van der Waals surface area contributed by atoms with Crippen LogP contribution in [0.3, 0.4) is 0 Å². The van der Waals surface area contributed by atoms with Crippen molar-refractivity contribution in [2.75, 3.05) is 7.11 Å². The first-order valence-electron chi connectivity index (χ1n) is 5.59. The molecule has 0 spiro atoms. The molecule has 0 heterocycles. The van der Waals surface area contributed by atoms with Gasteiger partial charge in [0.1, 0.15) is 6.04 Å². The number of nitrogens with one attached hydrogen (secondary N) is 1. The maximum atomic E-state index is 11.8. The number of hydrogen-bond donors (Lipinski definition) is 1. The molecule has 0 aliphatic carbocycles. The van der Waals surface area contributed by atoms with Crippen molar-refractivity contribution in [1.29, 1.82) is 0 Å². The van der Waals surface area contributed by atoms with Crippen molar-refractivity contribution in [3.63, 3.8) is 0 Å². The van der Waals surface area contributed by atoms with E-state index >= 15 is 0 Å². The van der Waals surface area contributed by atoms with Gasteiger partial charge in [-0.2, -0.15) is 0 Å². The lowest BCUT2D eigenvalue weighted by Crippen LogP contribution is -2.52. The van der Waals surface area contributed by atoms with Gasteiger partial charge in [-0.05, 0) is 5.56 Å². The molecule has 0 fully saturated rings. The lowest BCUT2D eigenvalue weighted by molar-refractivity contribution is -0.144. The number of amides is 1. The van der Waals surface area contributed by atoms with E-state index in [4.69, 9.17) is 12.6 Å². The minimum atomic E-state index is -0.831. The van der Waals surface area contributed by atoms with E-state index in [9.17, 15) is 9.59 Å². The molecule has 0 aliphatic rings. The zero-order chi connectivity index (χ0) is 13.8. The van der Waals surface area contributed by atoms with Gasteiger partial charge in [0.05, 0.1) is 7.11 Å². The molecule has 1 aromatic rings. The van der Waals surface area contributed by atoms with Crippen LogP contribution in [0, 0.1) is 0 Å². The van der Waals surface area contributed by atoms with Gasteiger partial charge in [-0.25, -0.2) is 4.79 Å². The fraction of sp³-hybridized carbons (Fsp3) is 0.385. The van der Waals surface area contributed by atoms with Crippen LogP contribution in [0.2, 0.25) is 0 Å². The number of hydrogen-bond acceptors (Lipinski definition) is 3. The number of rotatable bonds is 4. The summed E-state index contributed by atoms with van der Waals surface area (Å²) in [7, 11) is 6.38. The van der Waals surface area contributed by atoms with Crippen LogP contribution in [-0.2, 0) is 14.9 Å². The van der Waals surface area contributed by atoms with Gasteiger partial charge in [0.25, 0.3) is 0 Å². The number of esters is 1. The summed E-state index contributed by atoms with van der Waals surface area (Å²) in [5.74, 6) is -1.28. The van der Waals surface area contributed by atoms with Crippen LogP contribution in [0.1, 0.15) is 19.4 Å². The molecule has 1 atom stereocenters. The first-order chi connectivity index (χ1) is 8.39. The molecule has 0 saturated carbocycles. The molecular weight excluding hydrogens is 229 g/mol. The van der Waals surface area contributed by atoms with Crippen molar-refractivity contribution < 1.29 is 14.3 Å². The molecule has 5 heteroatoms. The Balaban J connectivity index is 3.10. The Bertz CT molecular complexity index is 431. The van der Waals surface area contributed by atoms with Gasteiger partial charge in [-0.3, -0.25) is 4.79 Å². The van der Waals surface area contributed by atoms with E-state index in [1.54, 1.807) is 0 Å². The molecule has 2 radical (unpaired) electrons. The third-order valence-electron chi connectivity index (χ3n) is 2.96. The summed E-state index contributed by atoms with van der Waals surface area (Å²) in [5, 5.41) is 2.43. The molecular formula is C13H16BNO3. The van der Waals surface area contributed by atoms with Crippen LogP contribution >= 0.6 is 0 Å². The van der Waals surface area contributed by atoms with Crippen LogP contribution in [0.4, 0.5) is 4.79 Å². The second-order valence-electron chi connectivity index (χ2n) is 4.55. The summed E-state index contributed by atoms with van der Waals surface area (Å²) in [5.41, 5.74) is 0.290. The van der Waals surface area contributed by atoms with Gasteiger partial charge in [0, 0.05) is 5.41 Å². The highest BCUT2D eigenvalue weighted by Gasteiger charge is 2.37. The van der Waals surface area contributed by atoms with Crippen LogP contribution in [0.15, 0.2) is 30.3 Å². The minimum absolute atomic E-state index is 0.525. The van der Waals surface area contributed by atoms with Crippen molar-refractivity contribution in [1.82, 2.24) is 5.32 Å². The Morgan fingerprint density at radius 2 is 1.83 bits per heavy atom. The van der Waals surface area contributed by atoms with E-state index in [1.165, 1.54) is 7.11 Å². The molecule has 0 aliphatic heterocycles. The van der Waals surface area contributed by atoms with Crippen molar-refractivity contribution in [2.24, 2.45) is 0 Å². The summed E-state index contributed by atoms with van der Waals surface area (Å²) < 4.78 is 4.71. The quantitative estimate of drug-likeness (QED) is 0.644. The average molecular weight is 245 g/mol. The number of carbonyl (C=O) groups is 2. The molecule has 0 bridgehead atoms. The first-order valence-corrected chi connectivity index (χ1v) is 5.59. The van der Waals surface area contributed by atoms with Gasteiger partial charge in [0.15, 0.2) is 5.81 Å². The van der Waals surface area contributed by atoms with Crippen LogP contribution in [-0.4, -0.2) is 32.8 Å². The Hall–Kier alpha value is -1.78. The molecule has 1 aromatic carbocycles. The van der Waals surface area contributed by atoms with E-state index in [1.807, 2.05) is 44.2 Å². The molecule has 4 nitrogen and oxygen atoms in total. The molecule has 94 valence electrons. The topological polar surface area (TPSA) is 55.4 Å². The standard InChI is InChI=1S/C13H16BNO3/c1-13(2,9-7-5-4-6-8-9)10(11(16)18-3)15-12(14)17/h4-8,10H,1-3H3,(H,15,17)/t10-/m1/s1. The minimum Gasteiger partial charge on any atom is -0.467 e. The Morgan fingerprint density at radius 3 is 2.28 bits per heavy atom. The molecule has 0 aromatic heterocycles. The highest BCUT2D eigenvalue weighted by Crippen LogP contribution is 2.27. The second kappa shape index (κ2) is 5.71. The zero-order valence-corrected chi connectivity index (χ0v) is 10.8. The largest absolute Gasteiger partial charge is 0.467 e. The number of methoxy groups -OCH3 is 1. The predicted molar refractivity (Wildman–Crippen MR) is 69.6 cm³/mol. The fourth-order valence-electron chi connectivity index (χ4n) is 1.83. The van der Waals surface area contributed by atoms with Crippen LogP contribution in [0.5, 0.6) is 0 Å². The molecule has 1 N–H and O–H groups in total. The molecule has 0 unspecified atom stereocenters. The lowest BCUT2D eigenvalue weighted by atomic mass is 9.77. The average Bonchev–Trinajstić information content (AvgIpc) is 2.35. The monoisotopic (exact) mass is 245 g/mol. The molecule has 1 amide bonds. The maximum absolute atomic E-state index is 11.8. The zero-order valence-electron chi connectivity index (χ0n) is 10.8. The normalized spacial score (nSPS) is 12.6. The van der Waals surface area contributed by atoms with Crippen molar-refractivity contribution in [2.45, 2.75) is 25.3 Å². The summed E-state index contributed by atoms with van der Waals surface area (Å²) in [6, 6.07) is 8.57. The van der Waals surface area contributed by atoms with Gasteiger partial charge < -0.3 is 10.1 Å². The highest BCUT2D eigenvalue weighted by atomic mass is 16.5. The third-order valence-corrected chi connectivity index (χ3v) is 2.96. The summed E-state index contributed by atoms with van der Waals surface area (Å²) in [6.07, 6.45) is 0. The van der Waals surface area contributed by atoms with Crippen LogP contribution in [0.25, 0.3) is 0 Å². The van der Waals surface area contributed by atoms with Crippen molar-refractivity contribution in [3.8, 4) is 0 Å². The summed E-state index contributed by atoms with van der Waals surface area (Å²) in [4.78, 5) is 22.8. The predicted octanol–water partition coefficient (Wildman–Crippen LogP) is 1.38. The van der Waals surface area contributed by atoms with Gasteiger partial charge in [-0.15, -0.1) is 0 Å². The number of ether oxygens (including phenoxy) is 1. The fourth-order valence-corrected chi connectivity index (χ4v) is 1.83. The van der Waals surface area contributed by atoms with E-state index < -0.39 is 23.2 Å². The first kappa shape index (κ1) is 14.3. The van der Waals surface area contributed by atoms with Gasteiger partial charge >= 0.3 is 5.97 Å². The highest BCUT2D eigenvalue weighted by molar-refractivity contribution is 6.57. The smallest absolute Gasteiger partial charge is 0.329 e. The maximum Gasteiger partial charge on any atom is 0.329 e. The van der Waals surface area contributed by atoms with E-state index in [0.29, 0.717) is 0 Å². The SMILES string of the molecule is [B]C(=O)N[C@H](C(=O)OC)C(C)(C)c1ccccc1. The van der Waals surface area contributed by atoms with Crippen molar-refractivity contribution >= 4 is 19.6 Å².